The molecule has 1 aromatic heterocycles. The maximum Gasteiger partial charge on any atom is 0.416 e. The Labute approximate surface area is 176 Å². The molecular formula is C20H14F6N2O2S. The number of carbonyl (C=O) groups is 1. The number of aromatic nitrogens is 1. The second-order valence-electron chi connectivity index (χ2n) is 6.37. The summed E-state index contributed by atoms with van der Waals surface area (Å²) in [6.07, 6.45) is -10.0. The van der Waals surface area contributed by atoms with Crippen molar-refractivity contribution < 1.29 is 35.9 Å². The standard InChI is InChI=1S/C20H14F6N2O2S/c1-11-17(31-16(27-11)10-30-15-5-3-2-4-6-15)18(29)28-14-8-12(19(21,22)23)7-13(9-14)20(24,25)26/h2-9H,10H2,1H3,(H,28,29). The highest BCUT2D eigenvalue weighted by Crippen LogP contribution is 2.37. The van der Waals surface area contributed by atoms with E-state index in [1.54, 1.807) is 30.3 Å². The molecule has 0 aliphatic carbocycles. The molecular weight excluding hydrogens is 446 g/mol. The van der Waals surface area contributed by atoms with Gasteiger partial charge < -0.3 is 10.1 Å². The topological polar surface area (TPSA) is 51.2 Å². The summed E-state index contributed by atoms with van der Waals surface area (Å²) in [5, 5.41) is 2.52. The molecule has 0 spiro atoms. The van der Waals surface area contributed by atoms with Crippen LogP contribution < -0.4 is 10.1 Å². The van der Waals surface area contributed by atoms with Gasteiger partial charge in [0.2, 0.25) is 0 Å². The fourth-order valence-electron chi connectivity index (χ4n) is 2.60. The highest BCUT2D eigenvalue weighted by atomic mass is 32.1. The Morgan fingerprint density at radius 3 is 2.13 bits per heavy atom. The molecule has 2 aromatic carbocycles. The molecule has 3 aromatic rings. The zero-order chi connectivity index (χ0) is 22.8. The monoisotopic (exact) mass is 460 g/mol. The number of nitrogens with one attached hydrogen (secondary N) is 1. The van der Waals surface area contributed by atoms with Crippen LogP contribution in [0.4, 0.5) is 32.0 Å². The summed E-state index contributed by atoms with van der Waals surface area (Å²) in [5.74, 6) is -0.293. The maximum absolute atomic E-state index is 13.0. The molecule has 11 heteroatoms. The number of hydrogen-bond acceptors (Lipinski definition) is 4. The van der Waals surface area contributed by atoms with E-state index in [1.165, 1.54) is 6.92 Å². The van der Waals surface area contributed by atoms with Crippen molar-refractivity contribution in [3.63, 3.8) is 0 Å². The normalized spacial score (nSPS) is 12.0. The van der Waals surface area contributed by atoms with Crippen molar-refractivity contribution in [3.05, 3.63) is 75.2 Å². The predicted molar refractivity (Wildman–Crippen MR) is 102 cm³/mol. The summed E-state index contributed by atoms with van der Waals surface area (Å²) in [7, 11) is 0. The lowest BCUT2D eigenvalue weighted by Crippen LogP contribution is -2.15. The van der Waals surface area contributed by atoms with Crippen molar-refractivity contribution in [2.45, 2.75) is 25.9 Å². The van der Waals surface area contributed by atoms with Crippen LogP contribution in [0.5, 0.6) is 5.75 Å². The van der Waals surface area contributed by atoms with Gasteiger partial charge in [0.05, 0.1) is 16.8 Å². The lowest BCUT2D eigenvalue weighted by Gasteiger charge is -2.14. The number of anilines is 1. The van der Waals surface area contributed by atoms with Crippen molar-refractivity contribution in [3.8, 4) is 5.75 Å². The number of rotatable bonds is 5. The number of halogens is 6. The van der Waals surface area contributed by atoms with Gasteiger partial charge in [-0.3, -0.25) is 4.79 Å². The van der Waals surface area contributed by atoms with Gasteiger partial charge in [-0.15, -0.1) is 11.3 Å². The fourth-order valence-corrected chi connectivity index (χ4v) is 3.47. The van der Waals surface area contributed by atoms with Crippen molar-refractivity contribution in [2.24, 2.45) is 0 Å². The largest absolute Gasteiger partial charge is 0.486 e. The van der Waals surface area contributed by atoms with Crippen molar-refractivity contribution in [1.82, 2.24) is 4.98 Å². The first-order valence-corrected chi connectivity index (χ1v) is 9.50. The van der Waals surface area contributed by atoms with Gasteiger partial charge in [-0.2, -0.15) is 26.3 Å². The zero-order valence-electron chi connectivity index (χ0n) is 15.8. The van der Waals surface area contributed by atoms with Gasteiger partial charge in [-0.25, -0.2) is 4.98 Å². The van der Waals surface area contributed by atoms with Gasteiger partial charge in [-0.1, -0.05) is 18.2 Å². The number of thiazole rings is 1. The molecule has 1 N–H and O–H groups in total. The summed E-state index contributed by atoms with van der Waals surface area (Å²) < 4.78 is 83.5. The van der Waals surface area contributed by atoms with Crippen LogP contribution in [-0.2, 0) is 19.0 Å². The first kappa shape index (κ1) is 22.6. The summed E-state index contributed by atoms with van der Waals surface area (Å²) in [4.78, 5) is 16.7. The van der Waals surface area contributed by atoms with Gasteiger partial charge in [0.1, 0.15) is 22.2 Å². The molecule has 4 nitrogen and oxygen atoms in total. The number of carbonyl (C=O) groups excluding carboxylic acids is 1. The van der Waals surface area contributed by atoms with Crippen LogP contribution >= 0.6 is 11.3 Å². The quantitative estimate of drug-likeness (QED) is 0.454. The summed E-state index contributed by atoms with van der Waals surface area (Å²) >= 11 is 0.933. The van der Waals surface area contributed by atoms with E-state index in [0.29, 0.717) is 22.9 Å². The first-order valence-electron chi connectivity index (χ1n) is 8.68. The highest BCUT2D eigenvalue weighted by Gasteiger charge is 2.37. The number of aryl methyl sites for hydroxylation is 1. The Morgan fingerprint density at radius 2 is 1.58 bits per heavy atom. The Hall–Kier alpha value is -3.08. The third-order valence-corrected chi connectivity index (χ3v) is 5.13. The summed E-state index contributed by atoms with van der Waals surface area (Å²) in [6, 6.07) is 9.68. The molecule has 0 saturated carbocycles. The van der Waals surface area contributed by atoms with Crippen molar-refractivity contribution in [2.75, 3.05) is 5.32 Å². The number of amides is 1. The van der Waals surface area contributed by atoms with Crippen LogP contribution in [0, 0.1) is 6.92 Å². The molecule has 1 heterocycles. The molecule has 0 saturated heterocycles. The number of hydrogen-bond donors (Lipinski definition) is 1. The molecule has 164 valence electrons. The molecule has 0 aliphatic rings. The summed E-state index contributed by atoms with van der Waals surface area (Å²) in [6.45, 7) is 1.55. The Bertz CT molecular complexity index is 1050. The Kier molecular flexibility index (Phi) is 6.25. The minimum atomic E-state index is -5.01. The van der Waals surface area contributed by atoms with E-state index < -0.39 is 35.1 Å². The van der Waals surface area contributed by atoms with E-state index in [4.69, 9.17) is 4.74 Å². The van der Waals surface area contributed by atoms with Crippen molar-refractivity contribution in [1.29, 1.82) is 0 Å². The molecule has 0 fully saturated rings. The van der Waals surface area contributed by atoms with Crippen LogP contribution in [0.15, 0.2) is 48.5 Å². The van der Waals surface area contributed by atoms with Crippen LogP contribution in [0.1, 0.15) is 31.5 Å². The lowest BCUT2D eigenvalue weighted by molar-refractivity contribution is -0.143. The number of benzene rings is 2. The number of nitrogens with zero attached hydrogens (tertiary/aromatic N) is 1. The van der Waals surface area contributed by atoms with Crippen LogP contribution in [-0.4, -0.2) is 10.9 Å². The van der Waals surface area contributed by atoms with Crippen molar-refractivity contribution >= 4 is 22.9 Å². The fraction of sp³-hybridized carbons (Fsp3) is 0.200. The van der Waals surface area contributed by atoms with Gasteiger partial charge in [-0.05, 0) is 37.3 Å². The van der Waals surface area contributed by atoms with E-state index in [9.17, 15) is 31.1 Å². The van der Waals surface area contributed by atoms with Gasteiger partial charge in [0, 0.05) is 5.69 Å². The Balaban J connectivity index is 1.80. The van der Waals surface area contributed by atoms with Gasteiger partial charge in [0.25, 0.3) is 5.91 Å². The smallest absolute Gasteiger partial charge is 0.416 e. The third kappa shape index (κ3) is 5.75. The van der Waals surface area contributed by atoms with E-state index >= 15 is 0 Å². The molecule has 0 bridgehead atoms. The maximum atomic E-state index is 13.0. The average molecular weight is 460 g/mol. The molecule has 3 rings (SSSR count). The second kappa shape index (κ2) is 8.58. The second-order valence-corrected chi connectivity index (χ2v) is 7.46. The number of para-hydroxylation sites is 1. The summed E-state index contributed by atoms with van der Waals surface area (Å²) in [5.41, 5.74) is -3.38. The van der Waals surface area contributed by atoms with Gasteiger partial charge in [0.15, 0.2) is 0 Å². The zero-order valence-corrected chi connectivity index (χ0v) is 16.6. The SMILES string of the molecule is Cc1nc(COc2ccccc2)sc1C(=O)Nc1cc(C(F)(F)F)cc(C(F)(F)F)c1. The molecule has 0 unspecified atom stereocenters. The lowest BCUT2D eigenvalue weighted by atomic mass is 10.1. The van der Waals surface area contributed by atoms with E-state index in [-0.39, 0.29) is 23.2 Å². The minimum absolute atomic E-state index is 0.00731. The predicted octanol–water partition coefficient (Wildman–Crippen LogP) is 6.32. The molecule has 31 heavy (non-hydrogen) atoms. The number of alkyl halides is 6. The molecule has 0 radical (unpaired) electrons. The van der Waals surface area contributed by atoms with Crippen LogP contribution in [0.3, 0.4) is 0 Å². The van der Waals surface area contributed by atoms with Crippen LogP contribution in [0.2, 0.25) is 0 Å². The van der Waals surface area contributed by atoms with E-state index in [1.807, 2.05) is 0 Å². The molecule has 1 amide bonds. The highest BCUT2D eigenvalue weighted by molar-refractivity contribution is 7.13. The minimum Gasteiger partial charge on any atom is -0.486 e. The average Bonchev–Trinajstić information content (AvgIpc) is 3.06. The van der Waals surface area contributed by atoms with E-state index in [0.717, 1.165) is 11.3 Å². The van der Waals surface area contributed by atoms with Gasteiger partial charge >= 0.3 is 12.4 Å². The molecule has 0 aliphatic heterocycles. The first-order chi connectivity index (χ1) is 14.4. The third-order valence-electron chi connectivity index (χ3n) is 4.00. The van der Waals surface area contributed by atoms with Crippen LogP contribution in [0.25, 0.3) is 0 Å². The number of ether oxygens (including phenoxy) is 1. The molecule has 0 atom stereocenters. The van der Waals surface area contributed by atoms with E-state index in [2.05, 4.69) is 10.3 Å². The Morgan fingerprint density at radius 1 is 1.00 bits per heavy atom.